The van der Waals surface area contributed by atoms with Gasteiger partial charge < -0.3 is 20.4 Å². The fourth-order valence-electron chi connectivity index (χ4n) is 3.57. The standard InChI is InChI=1S/C18H30N6S/c1-19-18(25)22-17-20-15(23-10-6-2-3-7-11-23)14-16(21-17)24-12-8-4-5-9-13-24/h14H,2-13H2,1H3,(H2,19,20,21,22,25). The molecule has 1 aromatic rings. The molecule has 1 aromatic heterocycles. The van der Waals surface area contributed by atoms with Crippen LogP contribution in [0.2, 0.25) is 0 Å². The van der Waals surface area contributed by atoms with Gasteiger partial charge in [-0.25, -0.2) is 0 Å². The van der Waals surface area contributed by atoms with E-state index in [9.17, 15) is 0 Å². The quantitative estimate of drug-likeness (QED) is 0.801. The first kappa shape index (κ1) is 18.2. The van der Waals surface area contributed by atoms with Gasteiger partial charge in [-0.1, -0.05) is 25.7 Å². The molecule has 0 atom stereocenters. The van der Waals surface area contributed by atoms with Crippen molar-refractivity contribution < 1.29 is 0 Å². The highest BCUT2D eigenvalue weighted by Crippen LogP contribution is 2.25. The Morgan fingerprint density at radius 2 is 1.28 bits per heavy atom. The summed E-state index contributed by atoms with van der Waals surface area (Å²) in [6.45, 7) is 4.30. The van der Waals surface area contributed by atoms with E-state index < -0.39 is 0 Å². The second kappa shape index (κ2) is 9.17. The van der Waals surface area contributed by atoms with Gasteiger partial charge in [0.05, 0.1) is 0 Å². The van der Waals surface area contributed by atoms with Crippen LogP contribution in [0.3, 0.4) is 0 Å². The highest BCUT2D eigenvalue weighted by molar-refractivity contribution is 7.80. The second-order valence-electron chi connectivity index (χ2n) is 6.91. The summed E-state index contributed by atoms with van der Waals surface area (Å²) in [5, 5.41) is 6.62. The molecular formula is C18H30N6S. The Labute approximate surface area is 156 Å². The third kappa shape index (κ3) is 5.17. The molecule has 0 unspecified atom stereocenters. The highest BCUT2D eigenvalue weighted by atomic mass is 32.1. The number of anilines is 3. The summed E-state index contributed by atoms with van der Waals surface area (Å²) < 4.78 is 0. The summed E-state index contributed by atoms with van der Waals surface area (Å²) >= 11 is 5.25. The first-order valence-electron chi connectivity index (χ1n) is 9.64. The minimum atomic E-state index is 0.551. The lowest BCUT2D eigenvalue weighted by Gasteiger charge is -2.26. The lowest BCUT2D eigenvalue weighted by Crippen LogP contribution is -2.30. The third-order valence-corrected chi connectivity index (χ3v) is 5.32. The summed E-state index contributed by atoms with van der Waals surface area (Å²) in [6, 6.07) is 2.17. The Morgan fingerprint density at radius 1 is 0.840 bits per heavy atom. The molecule has 2 aliphatic rings. The average Bonchev–Trinajstić information content (AvgIpc) is 3.06. The zero-order chi connectivity index (χ0) is 17.5. The largest absolute Gasteiger partial charge is 0.365 e. The van der Waals surface area contributed by atoms with E-state index in [4.69, 9.17) is 22.2 Å². The van der Waals surface area contributed by atoms with E-state index in [0.29, 0.717) is 11.1 Å². The summed E-state index contributed by atoms with van der Waals surface area (Å²) in [5.41, 5.74) is 0. The first-order chi connectivity index (χ1) is 12.3. The Balaban J connectivity index is 1.87. The van der Waals surface area contributed by atoms with E-state index in [1.807, 2.05) is 7.05 Å². The van der Waals surface area contributed by atoms with Gasteiger partial charge in [-0.15, -0.1) is 0 Å². The van der Waals surface area contributed by atoms with Crippen molar-refractivity contribution in [3.05, 3.63) is 6.07 Å². The predicted octanol–water partition coefficient (Wildman–Crippen LogP) is 3.15. The van der Waals surface area contributed by atoms with Crippen LogP contribution < -0.4 is 20.4 Å². The van der Waals surface area contributed by atoms with Gasteiger partial charge in [-0.05, 0) is 37.9 Å². The van der Waals surface area contributed by atoms with Crippen molar-refractivity contribution in [2.75, 3.05) is 48.3 Å². The smallest absolute Gasteiger partial charge is 0.232 e. The van der Waals surface area contributed by atoms with Crippen LogP contribution in [-0.4, -0.2) is 48.3 Å². The second-order valence-corrected chi connectivity index (χ2v) is 7.32. The van der Waals surface area contributed by atoms with Crippen molar-refractivity contribution >= 4 is 34.9 Å². The van der Waals surface area contributed by atoms with Gasteiger partial charge in [0.25, 0.3) is 0 Å². The number of hydrogen-bond acceptors (Lipinski definition) is 5. The molecule has 138 valence electrons. The molecule has 2 saturated heterocycles. The topological polar surface area (TPSA) is 56.3 Å². The van der Waals surface area contributed by atoms with E-state index in [2.05, 4.69) is 26.5 Å². The van der Waals surface area contributed by atoms with Crippen LogP contribution in [-0.2, 0) is 0 Å². The van der Waals surface area contributed by atoms with Crippen molar-refractivity contribution in [2.24, 2.45) is 0 Å². The van der Waals surface area contributed by atoms with Gasteiger partial charge >= 0.3 is 0 Å². The highest BCUT2D eigenvalue weighted by Gasteiger charge is 2.18. The van der Waals surface area contributed by atoms with Crippen LogP contribution >= 0.6 is 12.2 Å². The average molecular weight is 363 g/mol. The molecule has 0 saturated carbocycles. The predicted molar refractivity (Wildman–Crippen MR) is 109 cm³/mol. The van der Waals surface area contributed by atoms with Gasteiger partial charge in [-0.2, -0.15) is 9.97 Å². The third-order valence-electron chi connectivity index (χ3n) is 5.01. The maximum atomic E-state index is 5.25. The molecule has 0 aromatic carbocycles. The molecule has 0 radical (unpaired) electrons. The van der Waals surface area contributed by atoms with Crippen LogP contribution in [0.15, 0.2) is 6.07 Å². The minimum absolute atomic E-state index is 0.551. The van der Waals surface area contributed by atoms with Crippen molar-refractivity contribution in [1.82, 2.24) is 15.3 Å². The first-order valence-corrected chi connectivity index (χ1v) is 10.0. The minimum Gasteiger partial charge on any atom is -0.365 e. The SMILES string of the molecule is CNC(=S)Nc1nc(N2CCCCCC2)cc(N2CCCCCC2)n1. The molecule has 3 heterocycles. The summed E-state index contributed by atoms with van der Waals surface area (Å²) in [5.74, 6) is 2.65. The van der Waals surface area contributed by atoms with Crippen LogP contribution in [0, 0.1) is 0 Å². The molecule has 2 aliphatic heterocycles. The lowest BCUT2D eigenvalue weighted by atomic mass is 10.2. The summed E-state index contributed by atoms with van der Waals surface area (Å²) in [6.07, 6.45) is 10.2. The Kier molecular flexibility index (Phi) is 6.67. The van der Waals surface area contributed by atoms with Crippen LogP contribution in [0.5, 0.6) is 0 Å². The number of hydrogen-bond donors (Lipinski definition) is 2. The van der Waals surface area contributed by atoms with Crippen molar-refractivity contribution in [3.8, 4) is 0 Å². The molecule has 0 spiro atoms. The zero-order valence-electron chi connectivity index (χ0n) is 15.3. The molecule has 6 nitrogen and oxygen atoms in total. The molecule has 7 heteroatoms. The van der Waals surface area contributed by atoms with Gasteiger partial charge in [0.1, 0.15) is 11.6 Å². The number of thiocarbonyl (C=S) groups is 1. The van der Waals surface area contributed by atoms with Crippen molar-refractivity contribution in [3.63, 3.8) is 0 Å². The van der Waals surface area contributed by atoms with Crippen LogP contribution in [0.25, 0.3) is 0 Å². The number of aromatic nitrogens is 2. The van der Waals surface area contributed by atoms with Crippen LogP contribution in [0.1, 0.15) is 51.4 Å². The fraction of sp³-hybridized carbons (Fsp3) is 0.722. The molecule has 0 bridgehead atoms. The Bertz CT molecular complexity index is 524. The molecule has 2 N–H and O–H groups in total. The molecule has 2 fully saturated rings. The van der Waals surface area contributed by atoms with E-state index in [-0.39, 0.29) is 0 Å². The zero-order valence-corrected chi connectivity index (χ0v) is 16.1. The Morgan fingerprint density at radius 3 is 1.68 bits per heavy atom. The summed E-state index contributed by atoms with van der Waals surface area (Å²) in [4.78, 5) is 14.3. The molecule has 0 aliphatic carbocycles. The summed E-state index contributed by atoms with van der Waals surface area (Å²) in [7, 11) is 1.81. The van der Waals surface area contributed by atoms with Crippen LogP contribution in [0.4, 0.5) is 17.6 Å². The van der Waals surface area contributed by atoms with Crippen molar-refractivity contribution in [1.29, 1.82) is 0 Å². The maximum Gasteiger partial charge on any atom is 0.232 e. The number of nitrogens with one attached hydrogen (secondary N) is 2. The molecule has 25 heavy (non-hydrogen) atoms. The monoisotopic (exact) mass is 362 g/mol. The number of rotatable bonds is 3. The normalized spacial score (nSPS) is 19.1. The Hall–Kier alpha value is -1.63. The van der Waals surface area contributed by atoms with E-state index in [0.717, 1.165) is 37.8 Å². The molecule has 0 amide bonds. The van der Waals surface area contributed by atoms with Crippen molar-refractivity contribution in [2.45, 2.75) is 51.4 Å². The number of nitrogens with zero attached hydrogens (tertiary/aromatic N) is 4. The van der Waals surface area contributed by atoms with Gasteiger partial charge in [0.15, 0.2) is 5.11 Å². The molecular weight excluding hydrogens is 332 g/mol. The maximum absolute atomic E-state index is 5.25. The fourth-order valence-corrected chi connectivity index (χ4v) is 3.66. The lowest BCUT2D eigenvalue weighted by molar-refractivity contribution is 0.726. The van der Waals surface area contributed by atoms with E-state index in [1.165, 1.54) is 51.4 Å². The van der Waals surface area contributed by atoms with Gasteiger partial charge in [-0.3, -0.25) is 0 Å². The van der Waals surface area contributed by atoms with Gasteiger partial charge in [0, 0.05) is 39.3 Å². The van der Waals surface area contributed by atoms with E-state index >= 15 is 0 Å². The van der Waals surface area contributed by atoms with E-state index in [1.54, 1.807) is 0 Å². The van der Waals surface area contributed by atoms with Gasteiger partial charge in [0.2, 0.25) is 5.95 Å². The molecule has 3 rings (SSSR count).